The Hall–Kier alpha value is -1.35. The van der Waals surface area contributed by atoms with Crippen LogP contribution in [0, 0.1) is 11.3 Å². The van der Waals surface area contributed by atoms with E-state index >= 15 is 0 Å². The summed E-state index contributed by atoms with van der Waals surface area (Å²) in [5.41, 5.74) is 0.380. The van der Waals surface area contributed by atoms with E-state index in [-0.39, 0.29) is 6.29 Å². The molecule has 0 unspecified atom stereocenters. The average Bonchev–Trinajstić information content (AvgIpc) is 2.32. The first-order chi connectivity index (χ1) is 7.72. The SMILES string of the molecule is COC(CNc1nccc(C#N)c1Cl)OC. The van der Waals surface area contributed by atoms with Gasteiger partial charge in [0.2, 0.25) is 0 Å². The van der Waals surface area contributed by atoms with Gasteiger partial charge < -0.3 is 14.8 Å². The Morgan fingerprint density at radius 3 is 2.81 bits per heavy atom. The van der Waals surface area contributed by atoms with Crippen molar-refractivity contribution in [1.29, 1.82) is 5.26 Å². The van der Waals surface area contributed by atoms with Gasteiger partial charge in [-0.15, -0.1) is 0 Å². The van der Waals surface area contributed by atoms with Gasteiger partial charge in [-0.25, -0.2) is 4.98 Å². The van der Waals surface area contributed by atoms with Crippen molar-refractivity contribution in [1.82, 2.24) is 4.98 Å². The molecule has 0 amide bonds. The molecular formula is C10H12ClN3O2. The van der Waals surface area contributed by atoms with Crippen molar-refractivity contribution in [2.75, 3.05) is 26.1 Å². The number of hydrogen-bond acceptors (Lipinski definition) is 5. The largest absolute Gasteiger partial charge is 0.364 e. The highest BCUT2D eigenvalue weighted by atomic mass is 35.5. The van der Waals surface area contributed by atoms with E-state index in [2.05, 4.69) is 10.3 Å². The minimum Gasteiger partial charge on any atom is -0.364 e. The fourth-order valence-electron chi connectivity index (χ4n) is 1.10. The summed E-state index contributed by atoms with van der Waals surface area (Å²) in [6, 6.07) is 3.53. The van der Waals surface area contributed by atoms with Gasteiger partial charge in [0.1, 0.15) is 16.9 Å². The third-order valence-electron chi connectivity index (χ3n) is 1.97. The van der Waals surface area contributed by atoms with Crippen molar-refractivity contribution in [2.45, 2.75) is 6.29 Å². The van der Waals surface area contributed by atoms with Crippen molar-refractivity contribution in [3.05, 3.63) is 22.8 Å². The van der Waals surface area contributed by atoms with Gasteiger partial charge in [0.15, 0.2) is 6.29 Å². The van der Waals surface area contributed by atoms with E-state index in [9.17, 15) is 0 Å². The lowest BCUT2D eigenvalue weighted by molar-refractivity contribution is -0.0914. The minimum atomic E-state index is -0.386. The number of anilines is 1. The van der Waals surface area contributed by atoms with Gasteiger partial charge in [0.25, 0.3) is 0 Å². The third kappa shape index (κ3) is 3.07. The summed E-state index contributed by atoms with van der Waals surface area (Å²) < 4.78 is 9.99. The number of methoxy groups -OCH3 is 2. The van der Waals surface area contributed by atoms with Crippen LogP contribution in [0.15, 0.2) is 12.3 Å². The first-order valence-electron chi connectivity index (χ1n) is 4.57. The molecule has 1 aromatic heterocycles. The molecule has 0 bridgehead atoms. The number of aromatic nitrogens is 1. The maximum absolute atomic E-state index is 8.77. The molecule has 0 atom stereocenters. The van der Waals surface area contributed by atoms with Crippen molar-refractivity contribution in [3.8, 4) is 6.07 Å². The van der Waals surface area contributed by atoms with Gasteiger partial charge in [-0.05, 0) is 6.07 Å². The fraction of sp³-hybridized carbons (Fsp3) is 0.400. The van der Waals surface area contributed by atoms with Gasteiger partial charge in [-0.1, -0.05) is 11.6 Å². The predicted molar refractivity (Wildman–Crippen MR) is 60.3 cm³/mol. The van der Waals surface area contributed by atoms with Gasteiger partial charge in [0, 0.05) is 20.4 Å². The monoisotopic (exact) mass is 241 g/mol. The average molecular weight is 242 g/mol. The van der Waals surface area contributed by atoms with E-state index in [4.69, 9.17) is 26.3 Å². The number of nitriles is 1. The second kappa shape index (κ2) is 6.28. The lowest BCUT2D eigenvalue weighted by Crippen LogP contribution is -2.24. The highest BCUT2D eigenvalue weighted by Crippen LogP contribution is 2.22. The predicted octanol–water partition coefficient (Wildman–Crippen LogP) is 1.64. The Bertz CT molecular complexity index is 388. The number of rotatable bonds is 5. The molecule has 16 heavy (non-hydrogen) atoms. The number of nitrogens with one attached hydrogen (secondary N) is 1. The lowest BCUT2D eigenvalue weighted by atomic mass is 10.3. The van der Waals surface area contributed by atoms with Crippen LogP contribution in [0.25, 0.3) is 0 Å². The Kier molecular flexibility index (Phi) is 4.99. The van der Waals surface area contributed by atoms with Crippen LogP contribution in [0.3, 0.4) is 0 Å². The standard InChI is InChI=1S/C10H12ClN3O2/c1-15-8(16-2)6-14-10-9(11)7(5-12)3-4-13-10/h3-4,8H,6H2,1-2H3,(H,13,14). The molecular weight excluding hydrogens is 230 g/mol. The van der Waals surface area contributed by atoms with Crippen LogP contribution in [0.1, 0.15) is 5.56 Å². The number of hydrogen-bond donors (Lipinski definition) is 1. The number of ether oxygens (including phenoxy) is 2. The van der Waals surface area contributed by atoms with E-state index in [1.54, 1.807) is 6.07 Å². The molecule has 0 aliphatic carbocycles. The fourth-order valence-corrected chi connectivity index (χ4v) is 1.32. The zero-order valence-electron chi connectivity index (χ0n) is 9.03. The second-order valence-electron chi connectivity index (χ2n) is 2.91. The van der Waals surface area contributed by atoms with Crippen LogP contribution in [-0.2, 0) is 9.47 Å². The zero-order valence-corrected chi connectivity index (χ0v) is 9.78. The molecule has 1 aromatic rings. The summed E-state index contributed by atoms with van der Waals surface area (Å²) in [5.74, 6) is 0.444. The van der Waals surface area contributed by atoms with Gasteiger partial charge in [-0.3, -0.25) is 0 Å². The minimum absolute atomic E-state index is 0.302. The van der Waals surface area contributed by atoms with Crippen molar-refractivity contribution in [2.24, 2.45) is 0 Å². The maximum Gasteiger partial charge on any atom is 0.173 e. The van der Waals surface area contributed by atoms with E-state index in [0.717, 1.165) is 0 Å². The molecule has 0 spiro atoms. The van der Waals surface area contributed by atoms with Crippen LogP contribution in [-0.4, -0.2) is 32.0 Å². The number of halogens is 1. The van der Waals surface area contributed by atoms with Crippen LogP contribution in [0.2, 0.25) is 5.02 Å². The highest BCUT2D eigenvalue weighted by Gasteiger charge is 2.09. The normalized spacial score (nSPS) is 10.2. The van der Waals surface area contributed by atoms with Gasteiger partial charge in [-0.2, -0.15) is 5.26 Å². The molecule has 6 heteroatoms. The Morgan fingerprint density at radius 1 is 1.56 bits per heavy atom. The Balaban J connectivity index is 2.71. The van der Waals surface area contributed by atoms with Crippen molar-refractivity contribution in [3.63, 3.8) is 0 Å². The van der Waals surface area contributed by atoms with Crippen molar-refractivity contribution < 1.29 is 9.47 Å². The van der Waals surface area contributed by atoms with Crippen molar-refractivity contribution >= 4 is 17.4 Å². The molecule has 1 N–H and O–H groups in total. The van der Waals surface area contributed by atoms with Crippen LogP contribution in [0.4, 0.5) is 5.82 Å². The molecule has 0 aromatic carbocycles. The molecule has 86 valence electrons. The molecule has 0 aliphatic rings. The Labute approximate surface area is 98.9 Å². The molecule has 5 nitrogen and oxygen atoms in total. The number of nitrogens with zero attached hydrogens (tertiary/aromatic N) is 2. The Morgan fingerprint density at radius 2 is 2.25 bits per heavy atom. The van der Waals surface area contributed by atoms with Gasteiger partial charge in [0.05, 0.1) is 12.1 Å². The van der Waals surface area contributed by atoms with E-state index in [0.29, 0.717) is 22.9 Å². The van der Waals surface area contributed by atoms with E-state index in [1.807, 2.05) is 6.07 Å². The van der Waals surface area contributed by atoms with Gasteiger partial charge >= 0.3 is 0 Å². The number of pyridine rings is 1. The summed E-state index contributed by atoms with van der Waals surface area (Å²) in [4.78, 5) is 4.02. The molecule has 0 fully saturated rings. The molecule has 0 radical (unpaired) electrons. The first kappa shape index (κ1) is 12.7. The second-order valence-corrected chi connectivity index (χ2v) is 3.29. The molecule has 0 saturated carbocycles. The quantitative estimate of drug-likeness (QED) is 0.794. The molecule has 0 saturated heterocycles. The zero-order chi connectivity index (χ0) is 12.0. The third-order valence-corrected chi connectivity index (χ3v) is 2.35. The maximum atomic E-state index is 8.77. The highest BCUT2D eigenvalue weighted by molar-refractivity contribution is 6.34. The summed E-state index contributed by atoms with van der Waals surface area (Å²) in [6.07, 6.45) is 1.13. The first-order valence-corrected chi connectivity index (χ1v) is 4.94. The molecule has 0 aliphatic heterocycles. The summed E-state index contributed by atoms with van der Waals surface area (Å²) in [5, 5.41) is 12.0. The topological polar surface area (TPSA) is 67.2 Å². The summed E-state index contributed by atoms with van der Waals surface area (Å²) in [6.45, 7) is 0.397. The van der Waals surface area contributed by atoms with Crippen LogP contribution >= 0.6 is 11.6 Å². The summed E-state index contributed by atoms with van der Waals surface area (Å²) in [7, 11) is 3.08. The van der Waals surface area contributed by atoms with E-state index in [1.165, 1.54) is 20.4 Å². The smallest absolute Gasteiger partial charge is 0.173 e. The molecule has 1 heterocycles. The van der Waals surface area contributed by atoms with Crippen LogP contribution in [0.5, 0.6) is 0 Å². The van der Waals surface area contributed by atoms with Crippen LogP contribution < -0.4 is 5.32 Å². The summed E-state index contributed by atoms with van der Waals surface area (Å²) >= 11 is 5.95. The molecule has 1 rings (SSSR count). The van der Waals surface area contributed by atoms with E-state index < -0.39 is 0 Å². The lowest BCUT2D eigenvalue weighted by Gasteiger charge is -2.15.